The van der Waals surface area contributed by atoms with Crippen LogP contribution in [0, 0.1) is 12.8 Å². The average Bonchev–Trinajstić information content (AvgIpc) is 2.07. The number of hydrogen-bond donors (Lipinski definition) is 1. The number of aliphatic hydroxyl groups is 1. The summed E-state index contributed by atoms with van der Waals surface area (Å²) in [7, 11) is 0. The first-order valence-electron chi connectivity index (χ1n) is 5.13. The van der Waals surface area contributed by atoms with Crippen molar-refractivity contribution in [3.63, 3.8) is 0 Å². The van der Waals surface area contributed by atoms with Crippen molar-refractivity contribution < 1.29 is 5.11 Å². The zero-order chi connectivity index (χ0) is 10.7. The minimum Gasteiger partial charge on any atom is -0.393 e. The van der Waals surface area contributed by atoms with Gasteiger partial charge in [-0.3, -0.25) is 4.98 Å². The Bertz CT molecular complexity index is 286. The first-order valence-corrected chi connectivity index (χ1v) is 5.13. The largest absolute Gasteiger partial charge is 0.393 e. The second-order valence-electron chi connectivity index (χ2n) is 4.22. The van der Waals surface area contributed by atoms with Crippen molar-refractivity contribution in [3.8, 4) is 0 Å². The fraction of sp³-hybridized carbons (Fsp3) is 0.583. The van der Waals surface area contributed by atoms with Crippen LogP contribution in [0.2, 0.25) is 0 Å². The van der Waals surface area contributed by atoms with Gasteiger partial charge in [0.25, 0.3) is 0 Å². The highest BCUT2D eigenvalue weighted by Crippen LogP contribution is 2.28. The lowest BCUT2D eigenvalue weighted by Crippen LogP contribution is -2.22. The molecule has 2 nitrogen and oxygen atoms in total. The monoisotopic (exact) mass is 193 g/mol. The molecule has 1 rings (SSSR count). The second kappa shape index (κ2) is 4.56. The van der Waals surface area contributed by atoms with Gasteiger partial charge in [-0.05, 0) is 31.4 Å². The molecule has 14 heavy (non-hydrogen) atoms. The minimum absolute atomic E-state index is 0.135. The highest BCUT2D eigenvalue weighted by molar-refractivity contribution is 5.22. The van der Waals surface area contributed by atoms with Crippen LogP contribution in [0.4, 0.5) is 0 Å². The zero-order valence-corrected chi connectivity index (χ0v) is 9.36. The Kier molecular flexibility index (Phi) is 3.64. The molecule has 0 aliphatic heterocycles. The van der Waals surface area contributed by atoms with Crippen LogP contribution in [-0.2, 0) is 0 Å². The van der Waals surface area contributed by atoms with E-state index in [-0.39, 0.29) is 12.0 Å². The molecule has 0 aliphatic rings. The van der Waals surface area contributed by atoms with E-state index >= 15 is 0 Å². The highest BCUT2D eigenvalue weighted by atomic mass is 16.3. The molecule has 2 unspecified atom stereocenters. The van der Waals surface area contributed by atoms with Gasteiger partial charge >= 0.3 is 0 Å². The number of rotatable bonds is 3. The third-order valence-corrected chi connectivity index (χ3v) is 2.60. The van der Waals surface area contributed by atoms with E-state index < -0.39 is 0 Å². The summed E-state index contributed by atoms with van der Waals surface area (Å²) in [4.78, 5) is 4.36. The van der Waals surface area contributed by atoms with Crippen molar-refractivity contribution in [1.82, 2.24) is 4.98 Å². The van der Waals surface area contributed by atoms with Crippen LogP contribution < -0.4 is 0 Å². The van der Waals surface area contributed by atoms with Gasteiger partial charge in [0.2, 0.25) is 0 Å². The van der Waals surface area contributed by atoms with Crippen LogP contribution in [0.15, 0.2) is 18.3 Å². The van der Waals surface area contributed by atoms with Crippen molar-refractivity contribution in [2.24, 2.45) is 5.92 Å². The van der Waals surface area contributed by atoms with Crippen molar-refractivity contribution in [2.45, 2.75) is 39.7 Å². The van der Waals surface area contributed by atoms with Crippen LogP contribution in [0.25, 0.3) is 0 Å². The van der Waals surface area contributed by atoms with Crippen LogP contribution in [0.1, 0.15) is 37.9 Å². The average molecular weight is 193 g/mol. The summed E-state index contributed by atoms with van der Waals surface area (Å²) in [6.07, 6.45) is 1.45. The molecule has 0 aromatic carbocycles. The first kappa shape index (κ1) is 11.2. The molecular formula is C12H19NO. The Morgan fingerprint density at radius 3 is 2.36 bits per heavy atom. The molecule has 0 saturated heterocycles. The number of pyridine rings is 1. The maximum absolute atomic E-state index is 9.72. The molecular weight excluding hydrogens is 174 g/mol. The van der Waals surface area contributed by atoms with Gasteiger partial charge < -0.3 is 5.11 Å². The van der Waals surface area contributed by atoms with Gasteiger partial charge in [0, 0.05) is 17.8 Å². The fourth-order valence-corrected chi connectivity index (χ4v) is 1.95. The molecule has 1 N–H and O–H groups in total. The quantitative estimate of drug-likeness (QED) is 0.800. The molecule has 0 bridgehead atoms. The lowest BCUT2D eigenvalue weighted by atomic mass is 9.86. The third-order valence-electron chi connectivity index (χ3n) is 2.60. The normalized spacial score (nSPS) is 15.6. The van der Waals surface area contributed by atoms with Gasteiger partial charge in [-0.15, -0.1) is 0 Å². The fourth-order valence-electron chi connectivity index (χ4n) is 1.95. The van der Waals surface area contributed by atoms with E-state index in [9.17, 15) is 5.11 Å². The van der Waals surface area contributed by atoms with E-state index in [0.29, 0.717) is 5.92 Å². The number of hydrogen-bond acceptors (Lipinski definition) is 2. The summed E-state index contributed by atoms with van der Waals surface area (Å²) in [6, 6.07) is 3.97. The van der Waals surface area contributed by atoms with E-state index in [2.05, 4.69) is 18.8 Å². The third kappa shape index (κ3) is 2.32. The van der Waals surface area contributed by atoms with Gasteiger partial charge in [-0.2, -0.15) is 0 Å². The minimum atomic E-state index is -0.344. The van der Waals surface area contributed by atoms with Gasteiger partial charge in [-0.1, -0.05) is 19.9 Å². The standard InChI is InChI=1S/C12H19NO/c1-8(2)11(10(4)14)12-9(3)6-5-7-13-12/h5-8,10-11,14H,1-4H3. The van der Waals surface area contributed by atoms with Crippen LogP contribution >= 0.6 is 0 Å². The summed E-state index contributed by atoms with van der Waals surface area (Å²) >= 11 is 0. The molecule has 2 heteroatoms. The maximum Gasteiger partial charge on any atom is 0.0598 e. The van der Waals surface area contributed by atoms with Gasteiger partial charge in [0.15, 0.2) is 0 Å². The molecule has 1 aromatic heterocycles. The maximum atomic E-state index is 9.72. The molecule has 78 valence electrons. The van der Waals surface area contributed by atoms with Gasteiger partial charge in [0.05, 0.1) is 6.10 Å². The molecule has 0 amide bonds. The summed E-state index contributed by atoms with van der Waals surface area (Å²) in [5.41, 5.74) is 2.18. The molecule has 0 saturated carbocycles. The Labute approximate surface area is 86.0 Å². The Balaban J connectivity index is 3.05. The van der Waals surface area contributed by atoms with Crippen molar-refractivity contribution in [2.75, 3.05) is 0 Å². The number of aryl methyl sites for hydroxylation is 1. The summed E-state index contributed by atoms with van der Waals surface area (Å²) in [5.74, 6) is 0.541. The first-order chi connectivity index (χ1) is 6.54. The lowest BCUT2D eigenvalue weighted by molar-refractivity contribution is 0.138. The summed E-state index contributed by atoms with van der Waals surface area (Å²) in [6.45, 7) is 8.11. The molecule has 2 atom stereocenters. The second-order valence-corrected chi connectivity index (χ2v) is 4.22. The SMILES string of the molecule is Cc1cccnc1C(C(C)C)C(C)O. The van der Waals surface area contributed by atoms with Crippen LogP contribution in [-0.4, -0.2) is 16.2 Å². The van der Waals surface area contributed by atoms with E-state index in [0.717, 1.165) is 11.3 Å². The molecule has 1 aromatic rings. The van der Waals surface area contributed by atoms with Crippen LogP contribution in [0.5, 0.6) is 0 Å². The molecule has 1 heterocycles. The van der Waals surface area contributed by atoms with Crippen LogP contribution in [0.3, 0.4) is 0 Å². The van der Waals surface area contributed by atoms with E-state index in [4.69, 9.17) is 0 Å². The van der Waals surface area contributed by atoms with Gasteiger partial charge in [0.1, 0.15) is 0 Å². The number of nitrogens with zero attached hydrogens (tertiary/aromatic N) is 1. The topological polar surface area (TPSA) is 33.1 Å². The van der Waals surface area contributed by atoms with Gasteiger partial charge in [-0.25, -0.2) is 0 Å². The summed E-state index contributed by atoms with van der Waals surface area (Å²) < 4.78 is 0. The molecule has 0 aliphatic carbocycles. The van der Waals surface area contributed by atoms with Crippen molar-refractivity contribution >= 4 is 0 Å². The Morgan fingerprint density at radius 2 is 1.93 bits per heavy atom. The number of aromatic nitrogens is 1. The predicted octanol–water partition coefficient (Wildman–Crippen LogP) is 2.51. The molecule has 0 radical (unpaired) electrons. The lowest BCUT2D eigenvalue weighted by Gasteiger charge is -2.24. The smallest absolute Gasteiger partial charge is 0.0598 e. The van der Waals surface area contributed by atoms with Crippen molar-refractivity contribution in [3.05, 3.63) is 29.6 Å². The molecule has 0 spiro atoms. The van der Waals surface area contributed by atoms with Crippen molar-refractivity contribution in [1.29, 1.82) is 0 Å². The highest BCUT2D eigenvalue weighted by Gasteiger charge is 2.23. The summed E-state index contributed by atoms with van der Waals surface area (Å²) in [5, 5.41) is 9.72. The van der Waals surface area contributed by atoms with E-state index in [1.165, 1.54) is 0 Å². The van der Waals surface area contributed by atoms with E-state index in [1.807, 2.05) is 26.0 Å². The molecule has 0 fully saturated rings. The Morgan fingerprint density at radius 1 is 1.29 bits per heavy atom. The Hall–Kier alpha value is -0.890. The van der Waals surface area contributed by atoms with E-state index in [1.54, 1.807) is 6.20 Å². The zero-order valence-electron chi connectivity index (χ0n) is 9.36. The predicted molar refractivity (Wildman–Crippen MR) is 58.2 cm³/mol. The number of aliphatic hydroxyl groups excluding tert-OH is 1.